The molecule has 2 aliphatic rings. The van der Waals surface area contributed by atoms with E-state index in [1.807, 2.05) is 11.9 Å². The predicted octanol–water partition coefficient (Wildman–Crippen LogP) is 1.43. The molecule has 1 aliphatic carbocycles. The fourth-order valence-corrected chi connectivity index (χ4v) is 3.69. The van der Waals surface area contributed by atoms with Gasteiger partial charge in [0.1, 0.15) is 0 Å². The van der Waals surface area contributed by atoms with E-state index < -0.39 is 0 Å². The van der Waals surface area contributed by atoms with Crippen molar-refractivity contribution in [2.75, 3.05) is 53.5 Å². The number of likely N-dealkylation sites (N-methyl/N-ethyl adjacent to an activating group) is 1. The van der Waals surface area contributed by atoms with E-state index in [4.69, 9.17) is 4.74 Å². The van der Waals surface area contributed by atoms with E-state index in [-0.39, 0.29) is 6.04 Å². The number of carbonyl (C=O) groups is 1. The minimum Gasteiger partial charge on any atom is -0.383 e. The molecule has 1 saturated heterocycles. The predicted molar refractivity (Wildman–Crippen MR) is 89.0 cm³/mol. The van der Waals surface area contributed by atoms with Gasteiger partial charge in [-0.2, -0.15) is 0 Å². The second-order valence-corrected chi connectivity index (χ2v) is 6.79. The van der Waals surface area contributed by atoms with E-state index in [1.54, 1.807) is 7.11 Å². The van der Waals surface area contributed by atoms with Gasteiger partial charge in [-0.3, -0.25) is 14.6 Å². The number of amides is 1. The lowest BCUT2D eigenvalue weighted by Crippen LogP contribution is -2.55. The Kier molecular flexibility index (Phi) is 7.12. The van der Waals surface area contributed by atoms with Crippen LogP contribution in [-0.2, 0) is 9.53 Å². The number of rotatable bonds is 6. The molecule has 0 radical (unpaired) electrons. The highest BCUT2D eigenvalue weighted by atomic mass is 16.5. The summed E-state index contributed by atoms with van der Waals surface area (Å²) in [4.78, 5) is 19.5. The van der Waals surface area contributed by atoms with Crippen molar-refractivity contribution >= 4 is 5.91 Å². The van der Waals surface area contributed by atoms with Crippen molar-refractivity contribution in [3.05, 3.63) is 0 Å². The van der Waals surface area contributed by atoms with Crippen LogP contribution >= 0.6 is 0 Å². The Hall–Kier alpha value is -0.650. The quantitative estimate of drug-likeness (QED) is 0.743. The first kappa shape index (κ1) is 17.7. The monoisotopic (exact) mass is 311 g/mol. The maximum absolute atomic E-state index is 12.7. The van der Waals surface area contributed by atoms with Crippen molar-refractivity contribution in [3.8, 4) is 0 Å². The highest BCUT2D eigenvalue weighted by Gasteiger charge is 2.30. The largest absolute Gasteiger partial charge is 0.383 e. The van der Waals surface area contributed by atoms with Crippen LogP contribution in [0.25, 0.3) is 0 Å². The van der Waals surface area contributed by atoms with E-state index in [0.717, 1.165) is 39.3 Å². The van der Waals surface area contributed by atoms with Crippen LogP contribution in [0.5, 0.6) is 0 Å². The second kappa shape index (κ2) is 8.85. The van der Waals surface area contributed by atoms with Crippen LogP contribution in [0.2, 0.25) is 0 Å². The SMILES string of the molecule is COCCN1CCN([C@H](C)C(=O)N(C)C2CCCCC2)CC1. The summed E-state index contributed by atoms with van der Waals surface area (Å²) in [6.45, 7) is 7.90. The van der Waals surface area contributed by atoms with Gasteiger partial charge >= 0.3 is 0 Å². The average molecular weight is 311 g/mol. The van der Waals surface area contributed by atoms with Crippen LogP contribution in [0.4, 0.5) is 0 Å². The first-order valence-electron chi connectivity index (χ1n) is 8.85. The van der Waals surface area contributed by atoms with Crippen LogP contribution in [0, 0.1) is 0 Å². The molecule has 0 aromatic carbocycles. The van der Waals surface area contributed by atoms with Gasteiger partial charge in [0.15, 0.2) is 0 Å². The number of hydrogen-bond acceptors (Lipinski definition) is 4. The maximum atomic E-state index is 12.7. The van der Waals surface area contributed by atoms with E-state index in [1.165, 1.54) is 32.1 Å². The lowest BCUT2D eigenvalue weighted by Gasteiger charge is -2.40. The van der Waals surface area contributed by atoms with E-state index >= 15 is 0 Å². The lowest BCUT2D eigenvalue weighted by molar-refractivity contribution is -0.138. The van der Waals surface area contributed by atoms with Crippen molar-refractivity contribution in [1.29, 1.82) is 0 Å². The molecule has 128 valence electrons. The average Bonchev–Trinajstić information content (AvgIpc) is 2.59. The zero-order valence-electron chi connectivity index (χ0n) is 14.6. The van der Waals surface area contributed by atoms with Crippen LogP contribution < -0.4 is 0 Å². The normalized spacial score (nSPS) is 23.4. The summed E-state index contributed by atoms with van der Waals surface area (Å²) in [5.41, 5.74) is 0. The fourth-order valence-electron chi connectivity index (χ4n) is 3.69. The van der Waals surface area contributed by atoms with Gasteiger partial charge in [0.05, 0.1) is 12.6 Å². The molecule has 0 spiro atoms. The molecule has 1 heterocycles. The maximum Gasteiger partial charge on any atom is 0.239 e. The molecule has 2 fully saturated rings. The topological polar surface area (TPSA) is 36.0 Å². The summed E-state index contributed by atoms with van der Waals surface area (Å²) in [5, 5.41) is 0. The van der Waals surface area contributed by atoms with Gasteiger partial charge in [-0.25, -0.2) is 0 Å². The zero-order chi connectivity index (χ0) is 15.9. The molecule has 0 aromatic heterocycles. The molecular formula is C17H33N3O2. The zero-order valence-corrected chi connectivity index (χ0v) is 14.6. The van der Waals surface area contributed by atoms with Crippen LogP contribution in [0.1, 0.15) is 39.0 Å². The molecule has 2 rings (SSSR count). The Morgan fingerprint density at radius 1 is 1.18 bits per heavy atom. The van der Waals surface area contributed by atoms with Gasteiger partial charge in [-0.05, 0) is 19.8 Å². The summed E-state index contributed by atoms with van der Waals surface area (Å²) >= 11 is 0. The minimum absolute atomic E-state index is 0.0106. The molecule has 1 aliphatic heterocycles. The van der Waals surface area contributed by atoms with Crippen molar-refractivity contribution in [3.63, 3.8) is 0 Å². The number of hydrogen-bond donors (Lipinski definition) is 0. The molecule has 5 nitrogen and oxygen atoms in total. The third-order valence-electron chi connectivity index (χ3n) is 5.39. The number of ether oxygens (including phenoxy) is 1. The highest BCUT2D eigenvalue weighted by molar-refractivity contribution is 5.81. The fraction of sp³-hybridized carbons (Fsp3) is 0.941. The van der Waals surface area contributed by atoms with Gasteiger partial charge in [0.2, 0.25) is 5.91 Å². The van der Waals surface area contributed by atoms with Crippen LogP contribution in [0.15, 0.2) is 0 Å². The second-order valence-electron chi connectivity index (χ2n) is 6.79. The Morgan fingerprint density at radius 2 is 1.82 bits per heavy atom. The minimum atomic E-state index is 0.0106. The third kappa shape index (κ3) is 4.67. The van der Waals surface area contributed by atoms with Crippen molar-refractivity contribution in [1.82, 2.24) is 14.7 Å². The number of piperazine rings is 1. The molecule has 5 heteroatoms. The van der Waals surface area contributed by atoms with Gasteiger partial charge < -0.3 is 9.64 Å². The molecule has 0 N–H and O–H groups in total. The third-order valence-corrected chi connectivity index (χ3v) is 5.39. The first-order valence-corrected chi connectivity index (χ1v) is 8.85. The summed E-state index contributed by atoms with van der Waals surface area (Å²) in [6, 6.07) is 0.475. The molecule has 0 aromatic rings. The lowest BCUT2D eigenvalue weighted by atomic mass is 9.94. The Morgan fingerprint density at radius 3 is 2.41 bits per heavy atom. The molecule has 1 atom stereocenters. The molecule has 1 saturated carbocycles. The van der Waals surface area contributed by atoms with E-state index in [0.29, 0.717) is 11.9 Å². The van der Waals surface area contributed by atoms with E-state index in [9.17, 15) is 4.79 Å². The van der Waals surface area contributed by atoms with Gasteiger partial charge in [-0.1, -0.05) is 19.3 Å². The summed E-state index contributed by atoms with van der Waals surface area (Å²) in [5.74, 6) is 0.303. The van der Waals surface area contributed by atoms with Gasteiger partial charge in [0.25, 0.3) is 0 Å². The van der Waals surface area contributed by atoms with E-state index in [2.05, 4.69) is 16.7 Å². The van der Waals surface area contributed by atoms with Crippen molar-refractivity contribution in [2.24, 2.45) is 0 Å². The molecule has 22 heavy (non-hydrogen) atoms. The van der Waals surface area contributed by atoms with Crippen LogP contribution in [0.3, 0.4) is 0 Å². The highest BCUT2D eigenvalue weighted by Crippen LogP contribution is 2.22. The standard InChI is InChI=1S/C17H33N3O2/c1-15(17(21)18(2)16-7-5-4-6-8-16)20-11-9-19(10-12-20)13-14-22-3/h15-16H,4-14H2,1-3H3/t15-/m1/s1. The number of methoxy groups -OCH3 is 1. The number of carbonyl (C=O) groups excluding carboxylic acids is 1. The summed E-state index contributed by atoms with van der Waals surface area (Å²) < 4.78 is 5.14. The molecule has 0 bridgehead atoms. The van der Waals surface area contributed by atoms with Gasteiger partial charge in [-0.15, -0.1) is 0 Å². The Labute approximate surface area is 135 Å². The molecule has 0 unspecified atom stereocenters. The van der Waals surface area contributed by atoms with Crippen molar-refractivity contribution in [2.45, 2.75) is 51.1 Å². The summed E-state index contributed by atoms with van der Waals surface area (Å²) in [7, 11) is 3.75. The Balaban J connectivity index is 1.78. The molecule has 1 amide bonds. The molecular weight excluding hydrogens is 278 g/mol. The smallest absolute Gasteiger partial charge is 0.239 e. The summed E-state index contributed by atoms with van der Waals surface area (Å²) in [6.07, 6.45) is 6.24. The van der Waals surface area contributed by atoms with Crippen LogP contribution in [-0.4, -0.2) is 86.2 Å². The number of nitrogens with zero attached hydrogens (tertiary/aromatic N) is 3. The first-order chi connectivity index (χ1) is 10.6. The van der Waals surface area contributed by atoms with Gasteiger partial charge in [0, 0.05) is 52.9 Å². The van der Waals surface area contributed by atoms with Crippen molar-refractivity contribution < 1.29 is 9.53 Å². The Bertz CT molecular complexity index is 337.